The Labute approximate surface area is 778 Å². The SMILES string of the molecule is CC(C)Oc1ccc(C2NCCc3c2[nH]c2ccc(Cl)cc32)cc1.CCOC(=O)N1CCc2c([nH]c3ccc(Cl)cc23)C1Cc1ccccc1.CS(=O)(=O)N1CCc2c([nH]c3ccc(Cl)cc23)C1c1ccc(OCc2ccccc2)cc1.Clc1ccc2[nH]c3c(c2c1)CCNC3c1cc(Br)cc(Br)c1.Clc1ccc2[nH]c3c(c2c1)CCNC3c1ccc2c(c1)OCO2. The molecule has 127 heavy (non-hydrogen) atoms. The smallest absolute Gasteiger partial charge is 0.410 e. The Morgan fingerprint density at radius 2 is 0.866 bits per heavy atom. The lowest BCUT2D eigenvalue weighted by Crippen LogP contribution is -2.41. The fourth-order valence-corrected chi connectivity index (χ4v) is 21.8. The van der Waals surface area contributed by atoms with Crippen LogP contribution in [0.4, 0.5) is 4.79 Å². The second-order valence-corrected chi connectivity index (χ2v) is 38.7. The van der Waals surface area contributed by atoms with E-state index in [0.717, 1.165) is 170 Å². The molecule has 0 aliphatic carbocycles. The van der Waals surface area contributed by atoms with Crippen LogP contribution in [0.5, 0.6) is 23.0 Å². The summed E-state index contributed by atoms with van der Waals surface area (Å²) >= 11 is 38.1. The standard InChI is InChI=1S/C25H23ClN2O3S.C21H21ClN2O2.C20H21ClN2O.C18H15ClN2O2.C17H13Br2ClN2/c1-32(29,30)28-14-13-21-22-15-19(26)9-12-23(22)27-24(21)25(28)18-7-10-20(11-8-18)31-16-17-5-3-2-4-6-17;1-2-26-21(25)24-11-10-16-17-13-15(22)8-9-18(17)23-20(16)19(24)12-14-6-4-3-5-7-14;1-12(2)24-15-6-3-13(4-7-15)19-20-16(9-10-22-19)17-11-14(21)5-8-18(17)23-20;19-11-2-3-14-13(8-11)12-5-6-20-17(18(12)21-14)10-1-4-15-16(7-10)23-9-22-15;18-10-5-9(6-11(19)7-10)16-17-13(3-4-21-16)14-8-12(20)1-2-15(14)22-17/h2-12,15,25,27H,13-14,16H2,1H3;3-9,13,19,23H,2,10-12H2,1H3;3-8,11-12,19,22-23H,9-10H2,1-2H3;1-4,7-8,17,20-21H,5-6,9H2;1-2,5-8,16,21-22H,3-4H2. The van der Waals surface area contributed by atoms with Crippen molar-refractivity contribution in [1.29, 1.82) is 0 Å². The van der Waals surface area contributed by atoms with Crippen molar-refractivity contribution >= 4 is 160 Å². The van der Waals surface area contributed by atoms with E-state index in [1.165, 1.54) is 84.0 Å². The molecule has 5 aromatic heterocycles. The number of aromatic amines is 5. The molecule has 0 saturated carbocycles. The van der Waals surface area contributed by atoms with Gasteiger partial charge in [0.1, 0.15) is 18.1 Å². The third-order valence-electron chi connectivity index (χ3n) is 24.2. The fourth-order valence-electron chi connectivity index (χ4n) is 18.5. The first-order valence-electron chi connectivity index (χ1n) is 42.6. The van der Waals surface area contributed by atoms with E-state index in [1.807, 2.05) is 183 Å². The van der Waals surface area contributed by atoms with E-state index in [2.05, 4.69) is 152 Å². The summed E-state index contributed by atoms with van der Waals surface area (Å²) in [5.74, 6) is 3.28. The largest absolute Gasteiger partial charge is 0.491 e. The number of nitrogens with one attached hydrogen (secondary N) is 8. The number of H-pyrrole nitrogens is 5. The molecular formula is C101H93Br2Cl5N10O8S. The predicted molar refractivity (Wildman–Crippen MR) is 518 cm³/mol. The van der Waals surface area contributed by atoms with Gasteiger partial charge < -0.3 is 64.6 Å². The van der Waals surface area contributed by atoms with Gasteiger partial charge in [-0.3, -0.25) is 4.90 Å². The van der Waals surface area contributed by atoms with Crippen molar-refractivity contribution in [3.8, 4) is 23.0 Å². The Kier molecular flexibility index (Phi) is 26.3. The van der Waals surface area contributed by atoms with Gasteiger partial charge in [0.05, 0.1) is 49.2 Å². The van der Waals surface area contributed by atoms with Gasteiger partial charge in [0.25, 0.3) is 0 Å². The summed E-state index contributed by atoms with van der Waals surface area (Å²) in [6, 6.07) is 78.5. The number of ether oxygens (including phenoxy) is 5. The van der Waals surface area contributed by atoms with Crippen LogP contribution in [0.1, 0.15) is 141 Å². The molecular weight excluding hydrogens is 1850 g/mol. The van der Waals surface area contributed by atoms with Crippen LogP contribution in [-0.4, -0.2) is 107 Å². The average Bonchev–Trinajstić information content (AvgIpc) is 1.70. The van der Waals surface area contributed by atoms with Crippen LogP contribution in [-0.2, 0) is 59.9 Å². The molecule has 5 unspecified atom stereocenters. The lowest BCUT2D eigenvalue weighted by molar-refractivity contribution is 0.0857. The van der Waals surface area contributed by atoms with E-state index in [1.54, 1.807) is 4.31 Å². The first-order valence-corrected chi connectivity index (χ1v) is 48.0. The zero-order valence-corrected chi connectivity index (χ0v) is 77.9. The van der Waals surface area contributed by atoms with Crippen molar-refractivity contribution < 1.29 is 36.9 Å². The zero-order chi connectivity index (χ0) is 87.7. The van der Waals surface area contributed by atoms with Gasteiger partial charge in [-0.05, 0) is 266 Å². The Morgan fingerprint density at radius 1 is 0.449 bits per heavy atom. The second kappa shape index (κ2) is 38.2. The molecule has 1 amide bonds. The minimum absolute atomic E-state index is 0.0774. The molecule has 11 heterocycles. The number of nitrogens with zero attached hydrogens (tertiary/aromatic N) is 2. The Balaban J connectivity index is 0.000000108. The maximum absolute atomic E-state index is 12.6. The molecule has 26 heteroatoms. The lowest BCUT2D eigenvalue weighted by atomic mass is 9.93. The van der Waals surface area contributed by atoms with E-state index < -0.39 is 16.1 Å². The number of benzene rings is 11. The van der Waals surface area contributed by atoms with E-state index in [0.29, 0.717) is 44.5 Å². The molecule has 22 rings (SSSR count). The summed E-state index contributed by atoms with van der Waals surface area (Å²) in [6.45, 7) is 11.0. The number of sulfonamides is 1. The Hall–Kier alpha value is -10.2. The minimum Gasteiger partial charge on any atom is -0.491 e. The molecule has 18 nitrogen and oxygen atoms in total. The molecule has 6 aliphatic rings. The summed E-state index contributed by atoms with van der Waals surface area (Å²) in [5.41, 5.74) is 24.4. The topological polar surface area (TPSA) is 219 Å². The van der Waals surface area contributed by atoms with Crippen LogP contribution in [0, 0.1) is 0 Å². The molecule has 6 aliphatic heterocycles. The van der Waals surface area contributed by atoms with Crippen LogP contribution >= 0.6 is 89.9 Å². The van der Waals surface area contributed by atoms with Crippen molar-refractivity contribution in [2.75, 3.05) is 52.4 Å². The summed E-state index contributed by atoms with van der Waals surface area (Å²) in [5, 5.41) is 20.5. The predicted octanol–water partition coefficient (Wildman–Crippen LogP) is 24.6. The van der Waals surface area contributed by atoms with Gasteiger partial charge in [-0.25, -0.2) is 13.2 Å². The van der Waals surface area contributed by atoms with Gasteiger partial charge in [-0.1, -0.05) is 181 Å². The van der Waals surface area contributed by atoms with Gasteiger partial charge >= 0.3 is 6.09 Å². The van der Waals surface area contributed by atoms with Crippen LogP contribution in [0.25, 0.3) is 54.5 Å². The van der Waals surface area contributed by atoms with Gasteiger partial charge in [0.2, 0.25) is 16.8 Å². The number of halogens is 7. The summed E-state index contributed by atoms with van der Waals surface area (Å²) in [6.07, 6.45) is 6.40. The number of aromatic nitrogens is 5. The zero-order valence-electron chi connectivity index (χ0n) is 70.1. The third kappa shape index (κ3) is 19.2. The minimum atomic E-state index is -3.41. The van der Waals surface area contributed by atoms with Crippen LogP contribution < -0.4 is 34.9 Å². The number of carbonyl (C=O) groups is 1. The molecule has 5 atom stereocenters. The highest BCUT2D eigenvalue weighted by atomic mass is 79.9. The number of hydrogen-bond donors (Lipinski definition) is 8. The number of rotatable bonds is 13. The number of carbonyl (C=O) groups excluding carboxylic acids is 1. The van der Waals surface area contributed by atoms with Crippen LogP contribution in [0.15, 0.2) is 246 Å². The maximum atomic E-state index is 12.6. The maximum Gasteiger partial charge on any atom is 0.410 e. The van der Waals surface area contributed by atoms with Crippen LogP contribution in [0.3, 0.4) is 0 Å². The van der Waals surface area contributed by atoms with Gasteiger partial charge in [-0.2, -0.15) is 4.31 Å². The number of hydrogen-bond acceptors (Lipinski definition) is 11. The molecule has 11 aromatic carbocycles. The van der Waals surface area contributed by atoms with Crippen molar-refractivity contribution in [2.24, 2.45) is 0 Å². The van der Waals surface area contributed by atoms with E-state index in [-0.39, 0.29) is 36.4 Å². The van der Waals surface area contributed by atoms with Crippen molar-refractivity contribution in [3.63, 3.8) is 0 Å². The van der Waals surface area contributed by atoms with Gasteiger partial charge in [-0.15, -0.1) is 0 Å². The first-order chi connectivity index (χ1) is 61.6. The lowest BCUT2D eigenvalue weighted by Gasteiger charge is -2.35. The second-order valence-electron chi connectivity index (χ2n) is 32.7. The molecule has 0 fully saturated rings. The molecule has 8 N–H and O–H groups in total. The molecule has 0 bridgehead atoms. The summed E-state index contributed by atoms with van der Waals surface area (Å²) < 4.78 is 56.9. The fraction of sp³-hybridized carbons (Fsp3) is 0.238. The highest BCUT2D eigenvalue weighted by Gasteiger charge is 2.39. The van der Waals surface area contributed by atoms with Gasteiger partial charge in [0.15, 0.2) is 11.5 Å². The van der Waals surface area contributed by atoms with Crippen LogP contribution in [0.2, 0.25) is 25.1 Å². The molecule has 16 aromatic rings. The van der Waals surface area contributed by atoms with E-state index in [9.17, 15) is 13.2 Å². The Bertz CT molecular complexity index is 6830. The molecule has 650 valence electrons. The molecule has 0 saturated heterocycles. The van der Waals surface area contributed by atoms with Crippen molar-refractivity contribution in [3.05, 3.63) is 360 Å². The van der Waals surface area contributed by atoms with Gasteiger partial charge in [0, 0.05) is 150 Å². The number of fused-ring (bicyclic) bond motifs is 16. The monoisotopic (exact) mass is 1940 g/mol. The Morgan fingerprint density at radius 3 is 1.35 bits per heavy atom. The van der Waals surface area contributed by atoms with Crippen molar-refractivity contribution in [1.82, 2.24) is 50.1 Å². The van der Waals surface area contributed by atoms with E-state index >= 15 is 0 Å². The number of amides is 1. The average molecular weight is 1940 g/mol. The third-order valence-corrected chi connectivity index (χ3v) is 27.5. The summed E-state index contributed by atoms with van der Waals surface area (Å²) in [4.78, 5) is 32.1. The highest BCUT2D eigenvalue weighted by Crippen LogP contribution is 2.45. The first kappa shape index (κ1) is 87.5. The highest BCUT2D eigenvalue weighted by molar-refractivity contribution is 9.11. The normalized spacial score (nSPS) is 17.4. The van der Waals surface area contributed by atoms with E-state index in [4.69, 9.17) is 81.7 Å². The van der Waals surface area contributed by atoms with Crippen molar-refractivity contribution in [2.45, 2.75) is 102 Å². The molecule has 0 radical (unpaired) electrons. The molecule has 0 spiro atoms. The quantitative estimate of drug-likeness (QED) is 0.0543. The summed E-state index contributed by atoms with van der Waals surface area (Å²) in [7, 11) is -3.41.